The standard InChI is InChI=1S/C17H33N3O2/c1-19-9-3-11-20(13-12-19)10-2-8-18-16-4-6-17(7-5-16)21-14-15-22-17/h16,18H,2-15H2,1H3. The van der Waals surface area contributed by atoms with Crippen molar-refractivity contribution in [3.05, 3.63) is 0 Å². The van der Waals surface area contributed by atoms with Crippen LogP contribution in [0.2, 0.25) is 0 Å². The Hall–Kier alpha value is -0.200. The minimum atomic E-state index is -0.212. The molecule has 2 aliphatic heterocycles. The second kappa shape index (κ2) is 8.06. The third-order valence-corrected chi connectivity index (χ3v) is 5.46. The lowest BCUT2D eigenvalue weighted by Crippen LogP contribution is -2.42. The summed E-state index contributed by atoms with van der Waals surface area (Å²) in [6.07, 6.45) is 7.07. The van der Waals surface area contributed by atoms with Gasteiger partial charge in [-0.25, -0.2) is 0 Å². The molecule has 2 saturated heterocycles. The van der Waals surface area contributed by atoms with Crippen molar-refractivity contribution in [2.45, 2.75) is 50.4 Å². The Kier molecular flexibility index (Phi) is 6.10. The van der Waals surface area contributed by atoms with Gasteiger partial charge in [-0.05, 0) is 58.9 Å². The van der Waals surface area contributed by atoms with Gasteiger partial charge >= 0.3 is 0 Å². The zero-order valence-corrected chi connectivity index (χ0v) is 14.2. The highest BCUT2D eigenvalue weighted by Crippen LogP contribution is 2.35. The van der Waals surface area contributed by atoms with E-state index in [1.807, 2.05) is 0 Å². The first kappa shape index (κ1) is 16.7. The van der Waals surface area contributed by atoms with Gasteiger partial charge in [-0.1, -0.05) is 0 Å². The van der Waals surface area contributed by atoms with E-state index in [0.29, 0.717) is 6.04 Å². The van der Waals surface area contributed by atoms with Crippen molar-refractivity contribution in [1.82, 2.24) is 15.1 Å². The number of hydrogen-bond acceptors (Lipinski definition) is 5. The summed E-state index contributed by atoms with van der Waals surface area (Å²) < 4.78 is 11.6. The number of likely N-dealkylation sites (N-methyl/N-ethyl adjacent to an activating group) is 1. The minimum Gasteiger partial charge on any atom is -0.348 e. The highest BCUT2D eigenvalue weighted by atomic mass is 16.7. The second-order valence-corrected chi connectivity index (χ2v) is 7.19. The lowest BCUT2D eigenvalue weighted by atomic mass is 9.90. The largest absolute Gasteiger partial charge is 0.348 e. The summed E-state index contributed by atoms with van der Waals surface area (Å²) in [5.74, 6) is -0.212. The number of nitrogens with zero attached hydrogens (tertiary/aromatic N) is 2. The molecule has 0 amide bonds. The van der Waals surface area contributed by atoms with Gasteiger partial charge in [0, 0.05) is 32.0 Å². The highest BCUT2D eigenvalue weighted by molar-refractivity contribution is 4.85. The van der Waals surface area contributed by atoms with Crippen LogP contribution in [0.15, 0.2) is 0 Å². The fourth-order valence-corrected chi connectivity index (χ4v) is 3.98. The third kappa shape index (κ3) is 4.65. The lowest BCUT2D eigenvalue weighted by Gasteiger charge is -2.35. The van der Waals surface area contributed by atoms with E-state index in [4.69, 9.17) is 9.47 Å². The van der Waals surface area contributed by atoms with Crippen LogP contribution < -0.4 is 5.32 Å². The summed E-state index contributed by atoms with van der Waals surface area (Å²) in [7, 11) is 2.23. The number of rotatable bonds is 5. The zero-order valence-electron chi connectivity index (χ0n) is 14.2. The van der Waals surface area contributed by atoms with Gasteiger partial charge in [0.25, 0.3) is 0 Å². The van der Waals surface area contributed by atoms with Gasteiger partial charge < -0.3 is 24.6 Å². The van der Waals surface area contributed by atoms with Crippen LogP contribution in [0.1, 0.15) is 38.5 Å². The molecule has 22 heavy (non-hydrogen) atoms. The molecule has 0 bridgehead atoms. The van der Waals surface area contributed by atoms with Crippen molar-refractivity contribution in [3.63, 3.8) is 0 Å². The molecule has 5 nitrogen and oxygen atoms in total. The van der Waals surface area contributed by atoms with Crippen molar-refractivity contribution >= 4 is 0 Å². The van der Waals surface area contributed by atoms with Crippen LogP contribution in [0.5, 0.6) is 0 Å². The van der Waals surface area contributed by atoms with Crippen molar-refractivity contribution in [1.29, 1.82) is 0 Å². The molecular formula is C17H33N3O2. The Bertz CT molecular complexity index is 324. The van der Waals surface area contributed by atoms with Crippen molar-refractivity contribution in [3.8, 4) is 0 Å². The van der Waals surface area contributed by atoms with Gasteiger partial charge in [-0.15, -0.1) is 0 Å². The van der Waals surface area contributed by atoms with Crippen molar-refractivity contribution < 1.29 is 9.47 Å². The minimum absolute atomic E-state index is 0.212. The van der Waals surface area contributed by atoms with E-state index in [2.05, 4.69) is 22.2 Å². The van der Waals surface area contributed by atoms with E-state index >= 15 is 0 Å². The molecule has 1 N–H and O–H groups in total. The fraction of sp³-hybridized carbons (Fsp3) is 1.00. The molecule has 3 fully saturated rings. The molecular weight excluding hydrogens is 278 g/mol. The molecule has 3 aliphatic rings. The van der Waals surface area contributed by atoms with Crippen LogP contribution in [0.25, 0.3) is 0 Å². The average molecular weight is 311 g/mol. The number of hydrogen-bond donors (Lipinski definition) is 1. The number of ether oxygens (including phenoxy) is 2. The number of nitrogens with one attached hydrogen (secondary N) is 1. The molecule has 0 unspecified atom stereocenters. The van der Waals surface area contributed by atoms with E-state index in [0.717, 1.165) is 32.6 Å². The van der Waals surface area contributed by atoms with E-state index in [-0.39, 0.29) is 5.79 Å². The Morgan fingerprint density at radius 3 is 2.59 bits per heavy atom. The topological polar surface area (TPSA) is 37.0 Å². The predicted octanol–water partition coefficient (Wildman–Crippen LogP) is 1.29. The normalized spacial score (nSPS) is 28.2. The van der Waals surface area contributed by atoms with Gasteiger partial charge in [0.05, 0.1) is 13.2 Å². The molecule has 1 spiro atoms. The molecule has 0 aromatic carbocycles. The van der Waals surface area contributed by atoms with Crippen LogP contribution in [-0.4, -0.2) is 81.2 Å². The predicted molar refractivity (Wildman–Crippen MR) is 88.1 cm³/mol. The van der Waals surface area contributed by atoms with Gasteiger partial charge in [-0.3, -0.25) is 0 Å². The lowest BCUT2D eigenvalue weighted by molar-refractivity contribution is -0.179. The Balaban J connectivity index is 1.26. The van der Waals surface area contributed by atoms with E-state index in [1.54, 1.807) is 0 Å². The molecule has 1 aliphatic carbocycles. The molecule has 128 valence electrons. The first-order valence-electron chi connectivity index (χ1n) is 9.18. The zero-order chi connectivity index (χ0) is 15.3. The molecule has 0 atom stereocenters. The summed E-state index contributed by atoms with van der Waals surface area (Å²) in [5, 5.41) is 3.74. The Labute approximate surface area is 135 Å². The van der Waals surface area contributed by atoms with Crippen LogP contribution in [0.4, 0.5) is 0 Å². The van der Waals surface area contributed by atoms with E-state index in [9.17, 15) is 0 Å². The molecule has 1 saturated carbocycles. The van der Waals surface area contributed by atoms with Crippen LogP contribution in [-0.2, 0) is 9.47 Å². The van der Waals surface area contributed by atoms with Crippen molar-refractivity contribution in [2.75, 3.05) is 59.5 Å². The maximum atomic E-state index is 5.79. The molecule has 3 rings (SSSR count). The first-order chi connectivity index (χ1) is 10.8. The Morgan fingerprint density at radius 2 is 1.82 bits per heavy atom. The average Bonchev–Trinajstić information content (AvgIpc) is 2.88. The first-order valence-corrected chi connectivity index (χ1v) is 9.18. The summed E-state index contributed by atoms with van der Waals surface area (Å²) >= 11 is 0. The van der Waals surface area contributed by atoms with E-state index < -0.39 is 0 Å². The molecule has 0 aromatic rings. The quantitative estimate of drug-likeness (QED) is 0.775. The van der Waals surface area contributed by atoms with Crippen LogP contribution in [0.3, 0.4) is 0 Å². The van der Waals surface area contributed by atoms with Gasteiger partial charge in [0.15, 0.2) is 5.79 Å². The van der Waals surface area contributed by atoms with Crippen molar-refractivity contribution in [2.24, 2.45) is 0 Å². The SMILES string of the molecule is CN1CCCN(CCCNC2CCC3(CC2)OCCO3)CC1. The summed E-state index contributed by atoms with van der Waals surface area (Å²) in [6, 6.07) is 0.661. The van der Waals surface area contributed by atoms with Crippen LogP contribution in [0, 0.1) is 0 Å². The molecule has 0 radical (unpaired) electrons. The molecule has 2 heterocycles. The third-order valence-electron chi connectivity index (χ3n) is 5.46. The van der Waals surface area contributed by atoms with Crippen LogP contribution >= 0.6 is 0 Å². The van der Waals surface area contributed by atoms with Gasteiger partial charge in [-0.2, -0.15) is 0 Å². The Morgan fingerprint density at radius 1 is 1.05 bits per heavy atom. The van der Waals surface area contributed by atoms with Gasteiger partial charge in [0.1, 0.15) is 0 Å². The summed E-state index contributed by atoms with van der Waals surface area (Å²) in [6.45, 7) is 8.92. The molecule has 0 aromatic heterocycles. The monoisotopic (exact) mass is 311 g/mol. The maximum Gasteiger partial charge on any atom is 0.168 e. The maximum absolute atomic E-state index is 5.79. The molecule has 5 heteroatoms. The summed E-state index contributed by atoms with van der Waals surface area (Å²) in [4.78, 5) is 5.07. The fourth-order valence-electron chi connectivity index (χ4n) is 3.98. The summed E-state index contributed by atoms with van der Waals surface area (Å²) in [5.41, 5.74) is 0. The smallest absolute Gasteiger partial charge is 0.168 e. The van der Waals surface area contributed by atoms with E-state index in [1.165, 1.54) is 58.4 Å². The highest BCUT2D eigenvalue weighted by Gasteiger charge is 2.40. The van der Waals surface area contributed by atoms with Gasteiger partial charge in [0.2, 0.25) is 0 Å². The second-order valence-electron chi connectivity index (χ2n) is 7.19.